The van der Waals surface area contributed by atoms with Crippen molar-refractivity contribution < 1.29 is 0 Å². The van der Waals surface area contributed by atoms with Crippen LogP contribution in [0.2, 0.25) is 0 Å². The Labute approximate surface area is 124 Å². The summed E-state index contributed by atoms with van der Waals surface area (Å²) >= 11 is 0. The highest BCUT2D eigenvalue weighted by atomic mass is 15.2. The molecule has 106 valence electrons. The molecule has 3 rings (SSSR count). The Morgan fingerprint density at radius 1 is 1.00 bits per heavy atom. The molecule has 3 aromatic rings. The second kappa shape index (κ2) is 5.89. The first kappa shape index (κ1) is 13.5. The van der Waals surface area contributed by atoms with Crippen LogP contribution in [0, 0.1) is 0 Å². The minimum Gasteiger partial charge on any atom is -0.340 e. The SMILES string of the molecule is CN(Cc1ccc(CN)cc1)c1ncc2ccccc2n1. The fourth-order valence-electron chi connectivity index (χ4n) is 2.27. The molecule has 0 saturated heterocycles. The average Bonchev–Trinajstić information content (AvgIpc) is 2.55. The van der Waals surface area contributed by atoms with Crippen LogP contribution in [0.5, 0.6) is 0 Å². The molecule has 0 spiro atoms. The van der Waals surface area contributed by atoms with Crippen molar-refractivity contribution >= 4 is 16.9 Å². The normalized spacial score (nSPS) is 10.8. The molecular formula is C17H18N4. The van der Waals surface area contributed by atoms with E-state index < -0.39 is 0 Å². The van der Waals surface area contributed by atoms with E-state index in [1.807, 2.05) is 42.4 Å². The highest BCUT2D eigenvalue weighted by Gasteiger charge is 2.06. The van der Waals surface area contributed by atoms with Gasteiger partial charge in [-0.05, 0) is 17.2 Å². The molecular weight excluding hydrogens is 260 g/mol. The van der Waals surface area contributed by atoms with Crippen LogP contribution in [0.25, 0.3) is 10.9 Å². The molecule has 0 fully saturated rings. The first-order valence-electron chi connectivity index (χ1n) is 6.97. The van der Waals surface area contributed by atoms with Gasteiger partial charge in [0.05, 0.1) is 5.52 Å². The Hall–Kier alpha value is -2.46. The summed E-state index contributed by atoms with van der Waals surface area (Å²) in [5.74, 6) is 0.733. The number of para-hydroxylation sites is 1. The van der Waals surface area contributed by atoms with E-state index in [2.05, 4.69) is 34.2 Å². The van der Waals surface area contributed by atoms with Crippen LogP contribution in [-0.4, -0.2) is 17.0 Å². The summed E-state index contributed by atoms with van der Waals surface area (Å²) in [6, 6.07) is 16.3. The Balaban J connectivity index is 1.80. The fourth-order valence-corrected chi connectivity index (χ4v) is 2.27. The topological polar surface area (TPSA) is 55.0 Å². The summed E-state index contributed by atoms with van der Waals surface area (Å²) in [5, 5.41) is 1.06. The van der Waals surface area contributed by atoms with Crippen molar-refractivity contribution in [3.05, 3.63) is 65.9 Å². The van der Waals surface area contributed by atoms with Gasteiger partial charge in [0.2, 0.25) is 5.95 Å². The molecule has 4 heteroatoms. The van der Waals surface area contributed by atoms with Crippen molar-refractivity contribution in [1.82, 2.24) is 9.97 Å². The Kier molecular flexibility index (Phi) is 3.79. The standard InChI is InChI=1S/C17H18N4/c1-21(12-14-8-6-13(10-18)7-9-14)17-19-11-15-4-2-3-5-16(15)20-17/h2-9,11H,10,12,18H2,1H3. The molecule has 4 nitrogen and oxygen atoms in total. The van der Waals surface area contributed by atoms with Gasteiger partial charge in [-0.1, -0.05) is 42.5 Å². The van der Waals surface area contributed by atoms with E-state index in [4.69, 9.17) is 5.73 Å². The highest BCUT2D eigenvalue weighted by molar-refractivity contribution is 5.78. The van der Waals surface area contributed by atoms with Crippen molar-refractivity contribution in [3.8, 4) is 0 Å². The smallest absolute Gasteiger partial charge is 0.225 e. The number of aromatic nitrogens is 2. The summed E-state index contributed by atoms with van der Waals surface area (Å²) in [4.78, 5) is 11.1. The summed E-state index contributed by atoms with van der Waals surface area (Å²) in [5.41, 5.74) is 8.94. The van der Waals surface area contributed by atoms with Gasteiger partial charge in [0.25, 0.3) is 0 Å². The number of anilines is 1. The number of nitrogens with zero attached hydrogens (tertiary/aromatic N) is 3. The molecule has 0 unspecified atom stereocenters. The third-order valence-corrected chi connectivity index (χ3v) is 3.50. The van der Waals surface area contributed by atoms with E-state index in [0.29, 0.717) is 6.54 Å². The van der Waals surface area contributed by atoms with Crippen molar-refractivity contribution in [3.63, 3.8) is 0 Å². The lowest BCUT2D eigenvalue weighted by Gasteiger charge is -2.17. The minimum atomic E-state index is 0.573. The van der Waals surface area contributed by atoms with E-state index >= 15 is 0 Å². The lowest BCUT2D eigenvalue weighted by atomic mass is 10.1. The van der Waals surface area contributed by atoms with Gasteiger partial charge in [-0.2, -0.15) is 0 Å². The van der Waals surface area contributed by atoms with Crippen molar-refractivity contribution in [1.29, 1.82) is 0 Å². The highest BCUT2D eigenvalue weighted by Crippen LogP contribution is 2.16. The van der Waals surface area contributed by atoms with Crippen LogP contribution in [-0.2, 0) is 13.1 Å². The van der Waals surface area contributed by atoms with Gasteiger partial charge in [-0.25, -0.2) is 9.97 Å². The summed E-state index contributed by atoms with van der Waals surface area (Å²) in [6.45, 7) is 1.34. The average molecular weight is 278 g/mol. The van der Waals surface area contributed by atoms with E-state index in [1.165, 1.54) is 5.56 Å². The van der Waals surface area contributed by atoms with Gasteiger partial charge in [-0.3, -0.25) is 0 Å². The molecule has 0 atom stereocenters. The largest absolute Gasteiger partial charge is 0.340 e. The van der Waals surface area contributed by atoms with E-state index in [1.54, 1.807) is 0 Å². The molecule has 2 N–H and O–H groups in total. The van der Waals surface area contributed by atoms with Gasteiger partial charge in [-0.15, -0.1) is 0 Å². The molecule has 1 aromatic heterocycles. The summed E-state index contributed by atoms with van der Waals surface area (Å²) in [6.07, 6.45) is 1.87. The van der Waals surface area contributed by atoms with Crippen LogP contribution in [0.4, 0.5) is 5.95 Å². The summed E-state index contributed by atoms with van der Waals surface area (Å²) < 4.78 is 0. The predicted molar refractivity (Wildman–Crippen MR) is 86.0 cm³/mol. The zero-order valence-electron chi connectivity index (χ0n) is 12.0. The first-order valence-corrected chi connectivity index (χ1v) is 6.97. The maximum Gasteiger partial charge on any atom is 0.225 e. The predicted octanol–water partition coefficient (Wildman–Crippen LogP) is 2.72. The van der Waals surface area contributed by atoms with Crippen molar-refractivity contribution in [2.75, 3.05) is 11.9 Å². The monoisotopic (exact) mass is 278 g/mol. The van der Waals surface area contributed by atoms with Gasteiger partial charge in [0.15, 0.2) is 0 Å². The lowest BCUT2D eigenvalue weighted by Crippen LogP contribution is -2.19. The Morgan fingerprint density at radius 3 is 2.48 bits per heavy atom. The second-order valence-corrected chi connectivity index (χ2v) is 5.11. The molecule has 0 aliphatic carbocycles. The van der Waals surface area contributed by atoms with Crippen LogP contribution in [0.3, 0.4) is 0 Å². The van der Waals surface area contributed by atoms with E-state index in [0.717, 1.165) is 29.0 Å². The third-order valence-electron chi connectivity index (χ3n) is 3.50. The van der Waals surface area contributed by atoms with Crippen molar-refractivity contribution in [2.24, 2.45) is 5.73 Å². The van der Waals surface area contributed by atoms with Crippen molar-refractivity contribution in [2.45, 2.75) is 13.1 Å². The zero-order chi connectivity index (χ0) is 14.7. The van der Waals surface area contributed by atoms with Crippen LogP contribution in [0.1, 0.15) is 11.1 Å². The quantitative estimate of drug-likeness (QED) is 0.797. The number of nitrogens with two attached hydrogens (primary N) is 1. The molecule has 0 aliphatic heterocycles. The van der Waals surface area contributed by atoms with E-state index in [9.17, 15) is 0 Å². The number of hydrogen-bond acceptors (Lipinski definition) is 4. The van der Waals surface area contributed by atoms with Crippen LogP contribution in [0.15, 0.2) is 54.7 Å². The molecule has 0 radical (unpaired) electrons. The molecule has 0 bridgehead atoms. The Bertz CT molecular complexity index is 737. The summed E-state index contributed by atoms with van der Waals surface area (Å²) in [7, 11) is 2.00. The van der Waals surface area contributed by atoms with Gasteiger partial charge in [0.1, 0.15) is 0 Å². The molecule has 2 aromatic carbocycles. The second-order valence-electron chi connectivity index (χ2n) is 5.11. The van der Waals surface area contributed by atoms with Gasteiger partial charge < -0.3 is 10.6 Å². The van der Waals surface area contributed by atoms with Gasteiger partial charge >= 0.3 is 0 Å². The molecule has 0 saturated carbocycles. The van der Waals surface area contributed by atoms with Crippen LogP contribution < -0.4 is 10.6 Å². The van der Waals surface area contributed by atoms with Crippen LogP contribution >= 0.6 is 0 Å². The fraction of sp³-hybridized carbons (Fsp3) is 0.176. The first-order chi connectivity index (χ1) is 10.3. The number of benzene rings is 2. The molecule has 0 amide bonds. The third kappa shape index (κ3) is 3.01. The lowest BCUT2D eigenvalue weighted by molar-refractivity contribution is 0.872. The zero-order valence-corrected chi connectivity index (χ0v) is 12.0. The molecule has 1 heterocycles. The maximum atomic E-state index is 5.61. The van der Waals surface area contributed by atoms with Gasteiger partial charge in [0, 0.05) is 31.7 Å². The van der Waals surface area contributed by atoms with E-state index in [-0.39, 0.29) is 0 Å². The Morgan fingerprint density at radius 2 is 1.71 bits per heavy atom. The number of fused-ring (bicyclic) bond motifs is 1. The minimum absolute atomic E-state index is 0.573. The number of rotatable bonds is 4. The maximum absolute atomic E-state index is 5.61. The molecule has 21 heavy (non-hydrogen) atoms. The molecule has 0 aliphatic rings. The number of hydrogen-bond donors (Lipinski definition) is 1.